The number of carbonyl (C=O) groups is 3. The van der Waals surface area contributed by atoms with Crippen molar-refractivity contribution in [2.45, 2.75) is 0 Å². The van der Waals surface area contributed by atoms with Gasteiger partial charge in [-0.05, 0) is 125 Å². The van der Waals surface area contributed by atoms with Crippen LogP contribution in [0.1, 0.15) is 47.8 Å². The summed E-state index contributed by atoms with van der Waals surface area (Å²) in [6, 6.07) is 128. The van der Waals surface area contributed by atoms with Crippen LogP contribution < -0.4 is 18.7 Å². The third-order valence-corrected chi connectivity index (χ3v) is 22.1. The second-order valence-electron chi connectivity index (χ2n) is 30.1. The van der Waals surface area contributed by atoms with Crippen LogP contribution in [-0.4, -0.2) is 60.5 Å². The standard InChI is InChI=1S/C45H27N8.C27H21N2O.C19H16NO.C17H15N2O/c1-3-13-28(14-4-1)42-49-43(29-15-5-2-6-16-29)51-45(50-42)53-39-22-12-8-18-32(39)34-25-40-33(26-41(34)53)31-17-7-11-21-38(31)52(40)30-23-24-37(46-27-30)44-47-35-19-9-10-20-36(35)48-44;1-28-24-14-8-9-15-25(24)29(23-12-6-3-7-13-23)27(28)22-18-16-21(17-19-22)26(30)20-10-4-2-5-11-20;1-20-13-11-16(12-14-20)15-7-9-18(10-8-15)19(21)17-5-3-2-4-6-17;1-18-11-12-19(13-18)16-9-7-15(8-10-16)17(20)14-5-3-2-4-6-14/h1-27H;2-19H,1H3;2-14H,1H3;2-13H,1H3/q-1;3*+1. The molecule has 0 aliphatic rings. The minimum Gasteiger partial charge on any atom is -0.434 e. The molecule has 0 amide bonds. The fourth-order valence-electron chi connectivity index (χ4n) is 15.9. The fourth-order valence-corrected chi connectivity index (χ4v) is 15.9. The SMILES string of the molecule is C[n+]1c(-c2ccc(C(=O)c3ccccc3)cc2)n(-c2ccccc2)c2ccccc21.C[n+]1ccc(-c2ccc(C(=O)c3ccccc3)cc2)cc1.C[n+]1ccn(-c2ccc(C(=O)c3ccccc3)cc2)c1.c1ccc(-c2nc(-c3ccccc3)nc(-n3c4ccccc4c4cc5c(cc43)c3ccccc3n5-c3ccc(-c4nc5ccccc5[n-]4)nc3)n2)cc1. The number of hydrogen-bond donors (Lipinski definition) is 0. The van der Waals surface area contributed by atoms with Gasteiger partial charge in [0, 0.05) is 78.2 Å². The van der Waals surface area contributed by atoms with E-state index in [9.17, 15) is 14.4 Å². The van der Waals surface area contributed by atoms with E-state index in [1.54, 1.807) is 0 Å². The van der Waals surface area contributed by atoms with E-state index in [0.717, 1.165) is 128 Å². The zero-order chi connectivity index (χ0) is 84.0. The van der Waals surface area contributed by atoms with Gasteiger partial charge in [-0.1, -0.05) is 279 Å². The smallest absolute Gasteiger partial charge is 0.294 e. The second-order valence-corrected chi connectivity index (χ2v) is 30.1. The molecule has 0 aliphatic carbocycles. The highest BCUT2D eigenvalue weighted by Gasteiger charge is 2.27. The maximum Gasteiger partial charge on any atom is 0.294 e. The Balaban J connectivity index is 0.000000120. The second kappa shape index (κ2) is 34.2. The van der Waals surface area contributed by atoms with E-state index in [2.05, 4.69) is 153 Å². The third-order valence-electron chi connectivity index (χ3n) is 22.1. The van der Waals surface area contributed by atoms with Gasteiger partial charge >= 0.3 is 0 Å². The van der Waals surface area contributed by atoms with Crippen molar-refractivity contribution in [2.75, 3.05) is 0 Å². The Labute approximate surface area is 714 Å². The van der Waals surface area contributed by atoms with E-state index in [1.807, 2.05) is 326 Å². The molecule has 0 spiro atoms. The molecule has 592 valence electrons. The molecule has 8 heterocycles. The predicted molar refractivity (Wildman–Crippen MR) is 491 cm³/mol. The van der Waals surface area contributed by atoms with Gasteiger partial charge in [0.2, 0.25) is 12.3 Å². The normalized spacial score (nSPS) is 11.1. The molecule has 0 unspecified atom stereocenters. The number of pyridine rings is 2. The Bertz CT molecular complexity index is 7540. The number of para-hydroxylation sites is 7. The van der Waals surface area contributed by atoms with E-state index in [4.69, 9.17) is 29.9 Å². The molecule has 0 atom stereocenters. The van der Waals surface area contributed by atoms with Crippen molar-refractivity contribution < 1.29 is 28.1 Å². The number of aromatic nitrogens is 13. The van der Waals surface area contributed by atoms with Gasteiger partial charge in [0.25, 0.3) is 5.82 Å². The summed E-state index contributed by atoms with van der Waals surface area (Å²) in [6.45, 7) is 0. The maximum atomic E-state index is 12.8. The van der Waals surface area contributed by atoms with Gasteiger partial charge in [-0.25, -0.2) is 23.3 Å². The van der Waals surface area contributed by atoms with E-state index in [1.165, 1.54) is 0 Å². The maximum absolute atomic E-state index is 12.8. The van der Waals surface area contributed by atoms with Gasteiger partial charge in [-0.15, -0.1) is 0 Å². The molecular formula is C108H79N13O3+2. The Morgan fingerprint density at radius 3 is 1.27 bits per heavy atom. The molecule has 22 aromatic rings. The Morgan fingerprint density at radius 1 is 0.315 bits per heavy atom. The fraction of sp³-hybridized carbons (Fsp3) is 0.0278. The lowest BCUT2D eigenvalue weighted by Gasteiger charge is -2.11. The molecule has 0 saturated carbocycles. The molecular weight excluding hydrogens is 1530 g/mol. The average Bonchev–Trinajstić information content (AvgIpc) is 1.55. The number of hydrogen-bond acceptors (Lipinski definition) is 8. The minimum atomic E-state index is 0.0372. The van der Waals surface area contributed by atoms with Crippen LogP contribution in [0, 0.1) is 0 Å². The van der Waals surface area contributed by atoms with Crippen LogP contribution in [0.5, 0.6) is 0 Å². The summed E-state index contributed by atoms with van der Waals surface area (Å²) < 4.78 is 14.9. The number of benzene rings is 14. The van der Waals surface area contributed by atoms with E-state index in [0.29, 0.717) is 51.2 Å². The Kier molecular flexibility index (Phi) is 21.3. The molecule has 8 aromatic heterocycles. The van der Waals surface area contributed by atoms with Crippen molar-refractivity contribution in [3.63, 3.8) is 0 Å². The lowest BCUT2D eigenvalue weighted by molar-refractivity contribution is -0.671. The molecule has 0 radical (unpaired) electrons. The van der Waals surface area contributed by atoms with Crippen LogP contribution in [0.4, 0.5) is 0 Å². The number of rotatable bonds is 15. The van der Waals surface area contributed by atoms with Gasteiger partial charge in [-0.3, -0.25) is 23.9 Å². The number of nitrogens with zero attached hydrogens (tertiary/aromatic N) is 13. The molecule has 0 aliphatic heterocycles. The molecule has 0 fully saturated rings. The summed E-state index contributed by atoms with van der Waals surface area (Å²) >= 11 is 0. The van der Waals surface area contributed by atoms with Crippen molar-refractivity contribution >= 4 is 83.0 Å². The highest BCUT2D eigenvalue weighted by atomic mass is 16.1. The first-order chi connectivity index (χ1) is 61.0. The topological polar surface area (TPSA) is 161 Å². The Morgan fingerprint density at radius 2 is 0.750 bits per heavy atom. The van der Waals surface area contributed by atoms with Crippen molar-refractivity contribution in [3.05, 3.63) is 459 Å². The molecule has 0 saturated heterocycles. The van der Waals surface area contributed by atoms with Crippen LogP contribution in [0.3, 0.4) is 0 Å². The quantitative estimate of drug-likeness (QED) is 0.0718. The molecule has 22 rings (SSSR count). The molecule has 0 N–H and O–H groups in total. The van der Waals surface area contributed by atoms with Crippen molar-refractivity contribution in [1.82, 2.24) is 48.2 Å². The predicted octanol–water partition coefficient (Wildman–Crippen LogP) is 21.3. The first-order valence-corrected chi connectivity index (χ1v) is 40.8. The number of imidazole rings is 3. The van der Waals surface area contributed by atoms with Gasteiger partial charge in [0.1, 0.15) is 30.8 Å². The number of ketones is 3. The van der Waals surface area contributed by atoms with E-state index in [-0.39, 0.29) is 17.3 Å². The average molecular weight is 1610 g/mol. The number of fused-ring (bicyclic) bond motifs is 8. The van der Waals surface area contributed by atoms with Crippen LogP contribution in [0.25, 0.3) is 145 Å². The molecule has 124 heavy (non-hydrogen) atoms. The van der Waals surface area contributed by atoms with Crippen LogP contribution >= 0.6 is 0 Å². The van der Waals surface area contributed by atoms with Crippen molar-refractivity contribution in [3.8, 4) is 79.8 Å². The number of aryl methyl sites for hydroxylation is 3. The van der Waals surface area contributed by atoms with Crippen molar-refractivity contribution in [1.29, 1.82) is 0 Å². The van der Waals surface area contributed by atoms with E-state index >= 15 is 0 Å². The third kappa shape index (κ3) is 15.6. The lowest BCUT2D eigenvalue weighted by atomic mass is 10.00. The first kappa shape index (κ1) is 77.1. The van der Waals surface area contributed by atoms with Gasteiger partial charge < -0.3 is 14.5 Å². The Hall–Kier alpha value is -16.9. The van der Waals surface area contributed by atoms with Gasteiger partial charge in [0.15, 0.2) is 52.4 Å². The summed E-state index contributed by atoms with van der Waals surface area (Å²) in [5.74, 6) is 3.64. The largest absolute Gasteiger partial charge is 0.434 e. The number of carbonyl (C=O) groups excluding carboxylic acids is 3. The minimum absolute atomic E-state index is 0.0372. The van der Waals surface area contributed by atoms with Gasteiger partial charge in [0.05, 0.1) is 59.3 Å². The first-order valence-electron chi connectivity index (χ1n) is 40.8. The molecule has 14 aromatic carbocycles. The summed E-state index contributed by atoms with van der Waals surface area (Å²) in [5.41, 5.74) is 21.5. The molecule has 16 nitrogen and oxygen atoms in total. The molecule has 0 bridgehead atoms. The lowest BCUT2D eigenvalue weighted by Crippen LogP contribution is -2.30. The summed E-state index contributed by atoms with van der Waals surface area (Å²) in [5, 5.41) is 4.47. The van der Waals surface area contributed by atoms with Crippen LogP contribution in [0.15, 0.2) is 426 Å². The van der Waals surface area contributed by atoms with E-state index < -0.39 is 0 Å². The summed E-state index contributed by atoms with van der Waals surface area (Å²) in [6.07, 6.45) is 11.9. The zero-order valence-electron chi connectivity index (χ0n) is 68.0. The summed E-state index contributed by atoms with van der Waals surface area (Å²) in [4.78, 5) is 66.9. The monoisotopic (exact) mass is 1610 g/mol. The van der Waals surface area contributed by atoms with Crippen molar-refractivity contribution in [2.24, 2.45) is 21.1 Å². The van der Waals surface area contributed by atoms with Crippen LogP contribution in [-0.2, 0) is 21.1 Å². The van der Waals surface area contributed by atoms with Crippen LogP contribution in [0.2, 0.25) is 0 Å². The van der Waals surface area contributed by atoms with Gasteiger partial charge in [-0.2, -0.15) is 14.5 Å². The highest BCUT2D eigenvalue weighted by Crippen LogP contribution is 2.41. The molecule has 16 heteroatoms. The zero-order valence-corrected chi connectivity index (χ0v) is 68.0. The summed E-state index contributed by atoms with van der Waals surface area (Å²) in [7, 11) is 6.05. The highest BCUT2D eigenvalue weighted by molar-refractivity contribution is 6.19.